The monoisotopic (exact) mass is 145 g/mol. The van der Waals surface area contributed by atoms with Crippen molar-refractivity contribution in [3.05, 3.63) is 0 Å². The number of nitrogens with zero attached hydrogens (tertiary/aromatic N) is 1. The van der Waals surface area contributed by atoms with Gasteiger partial charge in [0, 0.05) is 12.3 Å². The third-order valence-electron chi connectivity index (χ3n) is 1.12. The highest BCUT2D eigenvalue weighted by atomic mass is 32.2. The molecular weight excluding hydrogens is 138 g/mol. The lowest BCUT2D eigenvalue weighted by Gasteiger charge is -2.19. The maximum atomic E-state index is 10.6. The molecule has 50 valence electrons. The smallest absolute Gasteiger partial charge is 0.210 e. The lowest BCUT2D eigenvalue weighted by molar-refractivity contribution is -0.123. The molecule has 1 saturated heterocycles. The molecule has 0 spiro atoms. The molecule has 0 bridgehead atoms. The summed E-state index contributed by atoms with van der Waals surface area (Å²) in [5, 5.41) is 0.0911. The van der Waals surface area contributed by atoms with Gasteiger partial charge in [-0.3, -0.25) is 9.59 Å². The molecule has 0 radical (unpaired) electrons. The molecule has 4 heteroatoms. The van der Waals surface area contributed by atoms with Crippen LogP contribution in [0.3, 0.4) is 0 Å². The van der Waals surface area contributed by atoms with E-state index in [1.54, 1.807) is 0 Å². The van der Waals surface area contributed by atoms with Gasteiger partial charge in [0.05, 0.1) is 6.54 Å². The molecule has 0 aromatic heterocycles. The molecule has 0 aliphatic carbocycles. The van der Waals surface area contributed by atoms with Gasteiger partial charge in [0.15, 0.2) is 0 Å². The molecule has 1 rings (SSSR count). The predicted octanol–water partition coefficient (Wildman–Crippen LogP) is -0.282. The quantitative estimate of drug-likeness (QED) is 0.476. The highest BCUT2D eigenvalue weighted by Crippen LogP contribution is 2.08. The van der Waals surface area contributed by atoms with Crippen molar-refractivity contribution < 1.29 is 9.59 Å². The number of hydrogen-bond acceptors (Lipinski definition) is 3. The Kier molecular flexibility index (Phi) is 2.10. The zero-order valence-electron chi connectivity index (χ0n) is 4.87. The van der Waals surface area contributed by atoms with E-state index in [0.29, 0.717) is 6.54 Å². The fourth-order valence-electron chi connectivity index (χ4n) is 0.657. The van der Waals surface area contributed by atoms with E-state index < -0.39 is 0 Å². The van der Waals surface area contributed by atoms with Crippen molar-refractivity contribution in [3.63, 3.8) is 0 Å². The van der Waals surface area contributed by atoms with Gasteiger partial charge in [0.2, 0.25) is 11.5 Å². The zero-order chi connectivity index (χ0) is 6.69. The van der Waals surface area contributed by atoms with Gasteiger partial charge in [-0.25, -0.2) is 0 Å². The number of rotatable bonds is 1. The van der Waals surface area contributed by atoms with E-state index in [1.165, 1.54) is 16.7 Å². The topological polar surface area (TPSA) is 37.4 Å². The van der Waals surface area contributed by atoms with Crippen molar-refractivity contribution in [3.8, 4) is 0 Å². The van der Waals surface area contributed by atoms with Gasteiger partial charge < -0.3 is 4.90 Å². The van der Waals surface area contributed by atoms with Crippen LogP contribution in [0.4, 0.5) is 0 Å². The maximum Gasteiger partial charge on any atom is 0.210 e. The minimum Gasteiger partial charge on any atom is -0.336 e. The Labute approximate surface area is 57.4 Å². The van der Waals surface area contributed by atoms with Crippen molar-refractivity contribution in [2.24, 2.45) is 0 Å². The molecule has 1 aliphatic heterocycles. The van der Waals surface area contributed by atoms with Crippen LogP contribution in [-0.4, -0.2) is 35.3 Å². The Hall–Kier alpha value is -0.510. The summed E-state index contributed by atoms with van der Waals surface area (Å²) >= 11 is 1.30. The average molecular weight is 145 g/mol. The van der Waals surface area contributed by atoms with E-state index in [0.717, 1.165) is 12.2 Å². The van der Waals surface area contributed by atoms with Crippen LogP contribution in [0.15, 0.2) is 0 Å². The molecule has 3 nitrogen and oxygen atoms in total. The molecule has 1 amide bonds. The maximum absolute atomic E-state index is 10.6. The van der Waals surface area contributed by atoms with Crippen LogP contribution < -0.4 is 0 Å². The SMILES string of the molecule is O=CN1CCSC(=O)C1. The first kappa shape index (κ1) is 6.61. The van der Waals surface area contributed by atoms with E-state index in [2.05, 4.69) is 0 Å². The molecule has 1 aliphatic rings. The van der Waals surface area contributed by atoms with Gasteiger partial charge >= 0.3 is 0 Å². The van der Waals surface area contributed by atoms with Crippen molar-refractivity contribution in [1.29, 1.82) is 0 Å². The largest absolute Gasteiger partial charge is 0.336 e. The summed E-state index contributed by atoms with van der Waals surface area (Å²) in [4.78, 5) is 22.1. The first-order chi connectivity index (χ1) is 4.33. The average Bonchev–Trinajstić information content (AvgIpc) is 1.88. The lowest BCUT2D eigenvalue weighted by Crippen LogP contribution is -2.33. The second-order valence-electron chi connectivity index (χ2n) is 1.80. The van der Waals surface area contributed by atoms with Crippen LogP contribution in [0, 0.1) is 0 Å². The molecular formula is C5H7NO2S. The standard InChI is InChI=1S/C5H7NO2S/c7-4-6-1-2-9-5(8)3-6/h4H,1-3H2. The third kappa shape index (κ3) is 1.71. The Balaban J connectivity index is 2.40. The molecule has 0 aromatic carbocycles. The van der Waals surface area contributed by atoms with Gasteiger partial charge in [-0.15, -0.1) is 0 Å². The number of amides is 1. The van der Waals surface area contributed by atoms with Crippen LogP contribution >= 0.6 is 11.8 Å². The number of carbonyl (C=O) groups excluding carboxylic acids is 2. The first-order valence-corrected chi connectivity index (χ1v) is 3.66. The highest BCUT2D eigenvalue weighted by molar-refractivity contribution is 8.13. The van der Waals surface area contributed by atoms with Crippen molar-refractivity contribution in [1.82, 2.24) is 4.90 Å². The van der Waals surface area contributed by atoms with Crippen molar-refractivity contribution in [2.45, 2.75) is 0 Å². The molecule has 0 atom stereocenters. The summed E-state index contributed by atoms with van der Waals surface area (Å²) in [6.45, 7) is 0.994. The Bertz CT molecular complexity index is 137. The number of thioether (sulfide) groups is 1. The van der Waals surface area contributed by atoms with E-state index in [-0.39, 0.29) is 11.7 Å². The predicted molar refractivity (Wildman–Crippen MR) is 35.1 cm³/mol. The van der Waals surface area contributed by atoms with Crippen molar-refractivity contribution in [2.75, 3.05) is 18.8 Å². The second kappa shape index (κ2) is 2.87. The summed E-state index contributed by atoms with van der Waals surface area (Å²) in [6, 6.07) is 0. The molecule has 1 heterocycles. The van der Waals surface area contributed by atoms with E-state index >= 15 is 0 Å². The zero-order valence-corrected chi connectivity index (χ0v) is 5.69. The Morgan fingerprint density at radius 3 is 2.89 bits per heavy atom. The minimum absolute atomic E-state index is 0.0911. The summed E-state index contributed by atoms with van der Waals surface area (Å²) in [6.07, 6.45) is 0.720. The third-order valence-corrected chi connectivity index (χ3v) is 1.96. The normalized spacial score (nSPS) is 20.0. The fourth-order valence-corrected chi connectivity index (χ4v) is 1.47. The van der Waals surface area contributed by atoms with Crippen LogP contribution in [0.25, 0.3) is 0 Å². The van der Waals surface area contributed by atoms with Crippen LogP contribution in [0.5, 0.6) is 0 Å². The van der Waals surface area contributed by atoms with Gasteiger partial charge in [-0.05, 0) is 0 Å². The fraction of sp³-hybridized carbons (Fsp3) is 0.600. The van der Waals surface area contributed by atoms with E-state index in [9.17, 15) is 9.59 Å². The highest BCUT2D eigenvalue weighted by Gasteiger charge is 2.14. The lowest BCUT2D eigenvalue weighted by atomic mass is 10.5. The molecule has 0 saturated carbocycles. The van der Waals surface area contributed by atoms with Gasteiger partial charge in [0.1, 0.15) is 0 Å². The minimum atomic E-state index is 0.0911. The molecule has 0 N–H and O–H groups in total. The van der Waals surface area contributed by atoms with Gasteiger partial charge in [-0.1, -0.05) is 11.8 Å². The van der Waals surface area contributed by atoms with Gasteiger partial charge in [0.25, 0.3) is 0 Å². The van der Waals surface area contributed by atoms with E-state index in [4.69, 9.17) is 0 Å². The molecule has 0 aromatic rings. The Morgan fingerprint density at radius 2 is 2.44 bits per heavy atom. The van der Waals surface area contributed by atoms with Gasteiger partial charge in [-0.2, -0.15) is 0 Å². The van der Waals surface area contributed by atoms with Crippen LogP contribution in [0.2, 0.25) is 0 Å². The summed E-state index contributed by atoms with van der Waals surface area (Å²) in [5.41, 5.74) is 0. The molecule has 9 heavy (non-hydrogen) atoms. The summed E-state index contributed by atoms with van der Waals surface area (Å²) in [5.74, 6) is 0.748. The van der Waals surface area contributed by atoms with Crippen molar-refractivity contribution >= 4 is 23.3 Å². The Morgan fingerprint density at radius 1 is 1.67 bits per heavy atom. The van der Waals surface area contributed by atoms with Crippen LogP contribution in [-0.2, 0) is 9.59 Å². The summed E-state index contributed by atoms with van der Waals surface area (Å²) in [7, 11) is 0. The number of carbonyl (C=O) groups is 2. The molecule has 1 fully saturated rings. The number of hydrogen-bond donors (Lipinski definition) is 0. The molecule has 0 unspecified atom stereocenters. The summed E-state index contributed by atoms with van der Waals surface area (Å²) < 4.78 is 0. The van der Waals surface area contributed by atoms with E-state index in [1.807, 2.05) is 0 Å². The second-order valence-corrected chi connectivity index (χ2v) is 2.95. The first-order valence-electron chi connectivity index (χ1n) is 2.68. The van der Waals surface area contributed by atoms with Crippen LogP contribution in [0.1, 0.15) is 0 Å².